The zero-order valence-corrected chi connectivity index (χ0v) is 12.1. The monoisotopic (exact) mass is 298 g/mol. The number of rotatable bonds is 7. The number of hydrogen-bond acceptors (Lipinski definition) is 4. The Hall–Kier alpha value is -2.51. The predicted molar refractivity (Wildman–Crippen MR) is 79.1 cm³/mol. The van der Waals surface area contributed by atoms with Crippen LogP contribution < -0.4 is 10.5 Å². The van der Waals surface area contributed by atoms with Crippen LogP contribution in [0.1, 0.15) is 19.8 Å². The number of guanidine groups is 1. The lowest BCUT2D eigenvalue weighted by Gasteiger charge is -2.21. The number of para-hydroxylation sites is 1. The molecule has 0 aliphatic heterocycles. The Morgan fingerprint density at radius 3 is 2.48 bits per heavy atom. The first-order valence-electron chi connectivity index (χ1n) is 6.57. The lowest BCUT2D eigenvalue weighted by molar-refractivity contribution is -0.742. The van der Waals surface area contributed by atoms with Crippen LogP contribution in [-0.2, 0) is 0 Å². The number of nitrogens with zero attached hydrogens (tertiary/aromatic N) is 2. The van der Waals surface area contributed by atoms with E-state index in [1.807, 2.05) is 35.2 Å². The Morgan fingerprint density at radius 2 is 2.00 bits per heavy atom. The minimum atomic E-state index is -1.50. The van der Waals surface area contributed by atoms with Crippen molar-refractivity contribution in [2.24, 2.45) is 5.73 Å². The van der Waals surface area contributed by atoms with Crippen LogP contribution in [0.4, 0.5) is 0 Å². The lowest BCUT2D eigenvalue weighted by Crippen LogP contribution is -2.38. The molecule has 118 valence electrons. The summed E-state index contributed by atoms with van der Waals surface area (Å²) in [6, 6.07) is 9.75. The molecular formula is C13H22N4O4. The fraction of sp³-hybridized carbons (Fsp3) is 0.462. The van der Waals surface area contributed by atoms with Crippen LogP contribution in [0.2, 0.25) is 0 Å². The molecule has 0 spiro atoms. The van der Waals surface area contributed by atoms with Gasteiger partial charge in [0.2, 0.25) is 0 Å². The smallest absolute Gasteiger partial charge is 0.291 e. The highest BCUT2D eigenvalue weighted by atomic mass is 16.9. The molecule has 0 amide bonds. The molecule has 0 atom stereocenters. The van der Waals surface area contributed by atoms with Gasteiger partial charge in [-0.25, -0.2) is 0 Å². The van der Waals surface area contributed by atoms with Gasteiger partial charge in [0, 0.05) is 13.1 Å². The van der Waals surface area contributed by atoms with Crippen LogP contribution >= 0.6 is 0 Å². The molecule has 8 nitrogen and oxygen atoms in total. The van der Waals surface area contributed by atoms with Gasteiger partial charge in [-0.3, -0.25) is 5.41 Å². The quantitative estimate of drug-likeness (QED) is 0.231. The topological polar surface area (TPSA) is 126 Å². The third-order valence-electron chi connectivity index (χ3n) is 2.42. The van der Waals surface area contributed by atoms with E-state index in [1.165, 1.54) is 0 Å². The van der Waals surface area contributed by atoms with Gasteiger partial charge in [0.1, 0.15) is 5.75 Å². The van der Waals surface area contributed by atoms with Gasteiger partial charge in [0.05, 0.1) is 6.61 Å². The van der Waals surface area contributed by atoms with Crippen LogP contribution in [0.5, 0.6) is 5.75 Å². The summed E-state index contributed by atoms with van der Waals surface area (Å²) in [5, 5.41) is 21.1. The number of nitrogens with one attached hydrogen (secondary N) is 1. The van der Waals surface area contributed by atoms with Gasteiger partial charge in [-0.05, 0) is 25.0 Å². The fourth-order valence-electron chi connectivity index (χ4n) is 1.58. The van der Waals surface area contributed by atoms with E-state index in [0.29, 0.717) is 6.61 Å². The van der Waals surface area contributed by atoms with Gasteiger partial charge in [0.15, 0.2) is 5.96 Å². The Labute approximate surface area is 123 Å². The third-order valence-corrected chi connectivity index (χ3v) is 2.42. The van der Waals surface area contributed by atoms with Crippen molar-refractivity contribution in [3.05, 3.63) is 40.4 Å². The number of hydrogen-bond donors (Lipinski definition) is 3. The first-order chi connectivity index (χ1) is 9.97. The lowest BCUT2D eigenvalue weighted by atomic mass is 10.3. The minimum absolute atomic E-state index is 0.145. The van der Waals surface area contributed by atoms with Crippen LogP contribution in [-0.4, -0.2) is 40.8 Å². The number of ether oxygens (including phenoxy) is 1. The van der Waals surface area contributed by atoms with Crippen molar-refractivity contribution >= 4 is 5.96 Å². The van der Waals surface area contributed by atoms with Crippen molar-refractivity contribution in [2.45, 2.75) is 19.8 Å². The van der Waals surface area contributed by atoms with Crippen molar-refractivity contribution in [3.8, 4) is 5.75 Å². The average Bonchev–Trinajstić information content (AvgIpc) is 2.42. The summed E-state index contributed by atoms with van der Waals surface area (Å²) in [5.74, 6) is 1.03. The summed E-state index contributed by atoms with van der Waals surface area (Å²) in [4.78, 5) is 10.2. The zero-order valence-electron chi connectivity index (χ0n) is 12.1. The maximum Gasteiger partial charge on any atom is 0.291 e. The van der Waals surface area contributed by atoms with Gasteiger partial charge in [-0.1, -0.05) is 25.1 Å². The molecule has 21 heavy (non-hydrogen) atoms. The molecular weight excluding hydrogens is 276 g/mol. The second-order valence-corrected chi connectivity index (χ2v) is 4.13. The summed E-state index contributed by atoms with van der Waals surface area (Å²) in [6.45, 7) is 4.34. The molecule has 1 aromatic rings. The van der Waals surface area contributed by atoms with Crippen LogP contribution in [0, 0.1) is 15.5 Å². The summed E-state index contributed by atoms with van der Waals surface area (Å²) >= 11 is 0. The molecule has 0 saturated carbocycles. The van der Waals surface area contributed by atoms with Crippen LogP contribution in [0.3, 0.4) is 0 Å². The largest absolute Gasteiger partial charge is 0.494 e. The van der Waals surface area contributed by atoms with Gasteiger partial charge in [-0.2, -0.15) is 0 Å². The molecule has 4 N–H and O–H groups in total. The Morgan fingerprint density at radius 1 is 1.43 bits per heavy atom. The molecule has 0 bridgehead atoms. The van der Waals surface area contributed by atoms with E-state index in [0.717, 1.165) is 31.7 Å². The second kappa shape index (κ2) is 11.3. The maximum atomic E-state index is 8.36. The Bertz CT molecular complexity index is 410. The highest BCUT2D eigenvalue weighted by Gasteiger charge is 2.04. The molecule has 0 radical (unpaired) electrons. The van der Waals surface area contributed by atoms with Crippen LogP contribution in [0.25, 0.3) is 0 Å². The number of nitrogens with two attached hydrogens (primary N) is 1. The number of benzene rings is 1. The molecule has 8 heteroatoms. The Balaban J connectivity index is 0.000000885. The van der Waals surface area contributed by atoms with E-state index in [9.17, 15) is 0 Å². The van der Waals surface area contributed by atoms with E-state index in [-0.39, 0.29) is 5.96 Å². The molecule has 1 aromatic carbocycles. The van der Waals surface area contributed by atoms with E-state index in [4.69, 9.17) is 31.2 Å². The van der Waals surface area contributed by atoms with Crippen molar-refractivity contribution in [1.29, 1.82) is 5.41 Å². The Kier molecular flexibility index (Phi) is 9.97. The standard InChI is InChI=1S/C13H21N3O.HNO3/c1-2-9-16(13(14)15)10-6-11-17-12-7-4-3-5-8-12;2-1(3)4/h3-5,7-8H,2,6,9-11H2,1H3,(H3,14,15);(H,2,3,4). The van der Waals surface area contributed by atoms with Gasteiger partial charge < -0.3 is 20.6 Å². The van der Waals surface area contributed by atoms with Crippen molar-refractivity contribution in [1.82, 2.24) is 4.90 Å². The molecule has 1 rings (SSSR count). The zero-order chi connectivity index (χ0) is 16.1. The van der Waals surface area contributed by atoms with E-state index in [2.05, 4.69) is 6.92 Å². The highest BCUT2D eigenvalue weighted by Crippen LogP contribution is 2.08. The molecule has 0 heterocycles. The molecule has 0 aliphatic rings. The molecule has 0 saturated heterocycles. The van der Waals surface area contributed by atoms with Gasteiger partial charge >= 0.3 is 0 Å². The van der Waals surface area contributed by atoms with E-state index < -0.39 is 5.09 Å². The summed E-state index contributed by atoms with van der Waals surface area (Å²) in [7, 11) is 0. The predicted octanol–water partition coefficient (Wildman–Crippen LogP) is 1.71. The average molecular weight is 298 g/mol. The van der Waals surface area contributed by atoms with Crippen LogP contribution in [0.15, 0.2) is 30.3 Å². The van der Waals surface area contributed by atoms with Crippen molar-refractivity contribution in [3.63, 3.8) is 0 Å². The first-order valence-corrected chi connectivity index (χ1v) is 6.57. The van der Waals surface area contributed by atoms with Gasteiger partial charge in [0.25, 0.3) is 5.09 Å². The normalized spacial score (nSPS) is 9.19. The molecule has 0 unspecified atom stereocenters. The highest BCUT2D eigenvalue weighted by molar-refractivity contribution is 5.74. The SMILES string of the molecule is CCCN(CCCOc1ccccc1)C(=N)N.O=[N+]([O-])O. The molecule has 0 fully saturated rings. The van der Waals surface area contributed by atoms with E-state index >= 15 is 0 Å². The summed E-state index contributed by atoms with van der Waals surface area (Å²) < 4.78 is 5.58. The third kappa shape index (κ3) is 11.0. The molecule has 0 aromatic heterocycles. The van der Waals surface area contributed by atoms with Crippen molar-refractivity contribution in [2.75, 3.05) is 19.7 Å². The minimum Gasteiger partial charge on any atom is -0.494 e. The van der Waals surface area contributed by atoms with E-state index in [1.54, 1.807) is 0 Å². The molecule has 0 aliphatic carbocycles. The summed E-state index contributed by atoms with van der Waals surface area (Å²) in [5.41, 5.74) is 5.48. The maximum absolute atomic E-state index is 8.36. The first kappa shape index (κ1) is 18.5. The summed E-state index contributed by atoms with van der Waals surface area (Å²) in [6.07, 6.45) is 1.87. The van der Waals surface area contributed by atoms with Crippen molar-refractivity contribution < 1.29 is 15.0 Å². The van der Waals surface area contributed by atoms with Gasteiger partial charge in [-0.15, -0.1) is 10.1 Å². The second-order valence-electron chi connectivity index (χ2n) is 4.13. The fourth-order valence-corrected chi connectivity index (χ4v) is 1.58.